The van der Waals surface area contributed by atoms with Crippen LogP contribution in [0.4, 0.5) is 11.4 Å². The number of rotatable bonds is 8. The summed E-state index contributed by atoms with van der Waals surface area (Å²) in [4.78, 5) is 37.4. The van der Waals surface area contributed by atoms with Crippen LogP contribution in [0.2, 0.25) is 0 Å². The number of carbonyl (C=O) groups excluding carboxylic acids is 1. The van der Waals surface area contributed by atoms with E-state index in [0.29, 0.717) is 17.7 Å². The molecule has 1 unspecified atom stereocenters. The van der Waals surface area contributed by atoms with Crippen LogP contribution >= 0.6 is 0 Å². The molecule has 1 aliphatic heterocycles. The summed E-state index contributed by atoms with van der Waals surface area (Å²) in [5, 5.41) is 23.4. The van der Waals surface area contributed by atoms with Gasteiger partial charge in [0.25, 0.3) is 11.6 Å². The van der Waals surface area contributed by atoms with E-state index in [2.05, 4.69) is 10.2 Å². The third-order valence-corrected chi connectivity index (χ3v) is 7.30. The number of nitrogens with one attached hydrogen (secondary N) is 1. The van der Waals surface area contributed by atoms with Crippen molar-refractivity contribution in [2.45, 2.75) is 32.4 Å². The quantitative estimate of drug-likeness (QED) is 0.199. The van der Waals surface area contributed by atoms with Crippen LogP contribution in [0.3, 0.4) is 0 Å². The van der Waals surface area contributed by atoms with Crippen LogP contribution in [0.5, 0.6) is 0 Å². The molecule has 1 atom stereocenters. The molecule has 2 N–H and O–H groups in total. The van der Waals surface area contributed by atoms with Gasteiger partial charge < -0.3 is 15.3 Å². The zero-order valence-electron chi connectivity index (χ0n) is 22.0. The van der Waals surface area contributed by atoms with Crippen molar-refractivity contribution in [3.05, 3.63) is 129 Å². The summed E-state index contributed by atoms with van der Waals surface area (Å²) >= 11 is 0. The average Bonchev–Trinajstić information content (AvgIpc) is 2.97. The van der Waals surface area contributed by atoms with Crippen molar-refractivity contribution in [3.63, 3.8) is 0 Å². The zero-order valence-corrected chi connectivity index (χ0v) is 22.0. The first-order chi connectivity index (χ1) is 19.3. The van der Waals surface area contributed by atoms with E-state index in [1.54, 1.807) is 24.3 Å². The minimum absolute atomic E-state index is 0.0148. The van der Waals surface area contributed by atoms with Crippen LogP contribution in [-0.4, -0.2) is 28.5 Å². The van der Waals surface area contributed by atoms with E-state index < -0.39 is 10.9 Å². The lowest BCUT2D eigenvalue weighted by Crippen LogP contribution is -2.30. The van der Waals surface area contributed by atoms with Gasteiger partial charge in [-0.3, -0.25) is 14.9 Å². The Kier molecular flexibility index (Phi) is 7.59. The van der Waals surface area contributed by atoms with E-state index in [0.717, 1.165) is 47.3 Å². The highest BCUT2D eigenvalue weighted by Gasteiger charge is 2.20. The summed E-state index contributed by atoms with van der Waals surface area (Å²) in [6.07, 6.45) is 1.86. The molecule has 202 valence electrons. The van der Waals surface area contributed by atoms with Gasteiger partial charge in [-0.25, -0.2) is 4.79 Å². The first kappa shape index (κ1) is 26.6. The third kappa shape index (κ3) is 5.71. The van der Waals surface area contributed by atoms with Crippen LogP contribution in [-0.2, 0) is 13.0 Å². The van der Waals surface area contributed by atoms with E-state index in [1.165, 1.54) is 12.1 Å². The Hall–Kier alpha value is -4.98. The second-order valence-electron chi connectivity index (χ2n) is 9.96. The Morgan fingerprint density at radius 1 is 1.00 bits per heavy atom. The topological polar surface area (TPSA) is 113 Å². The molecule has 1 amide bonds. The molecule has 1 heterocycles. The van der Waals surface area contributed by atoms with Crippen LogP contribution in [0.1, 0.15) is 56.8 Å². The predicted molar refractivity (Wildman–Crippen MR) is 154 cm³/mol. The number of hydrogen-bond donors (Lipinski definition) is 2. The second kappa shape index (κ2) is 11.4. The number of nitrogens with zero attached hydrogens (tertiary/aromatic N) is 2. The molecule has 4 aromatic rings. The second-order valence-corrected chi connectivity index (χ2v) is 9.96. The molecule has 4 aromatic carbocycles. The van der Waals surface area contributed by atoms with Gasteiger partial charge in [0.2, 0.25) is 0 Å². The van der Waals surface area contributed by atoms with Crippen molar-refractivity contribution < 1.29 is 19.6 Å². The first-order valence-electron chi connectivity index (χ1n) is 13.1. The smallest absolute Gasteiger partial charge is 0.336 e. The van der Waals surface area contributed by atoms with Crippen LogP contribution < -0.4 is 10.2 Å². The Bertz CT molecular complexity index is 1560. The molecule has 8 heteroatoms. The third-order valence-electron chi connectivity index (χ3n) is 7.30. The molecular weight excluding hydrogens is 506 g/mol. The van der Waals surface area contributed by atoms with E-state index in [1.807, 2.05) is 61.5 Å². The molecule has 0 radical (unpaired) electrons. The Labute approximate surface area is 232 Å². The summed E-state index contributed by atoms with van der Waals surface area (Å²) in [7, 11) is 0. The highest BCUT2D eigenvalue weighted by Crippen LogP contribution is 2.31. The number of aryl methyl sites for hydroxylation is 1. The first-order valence-corrected chi connectivity index (χ1v) is 13.1. The number of carboxylic acids is 1. The normalized spacial score (nSPS) is 13.3. The number of benzene rings is 4. The van der Waals surface area contributed by atoms with E-state index in [-0.39, 0.29) is 23.2 Å². The molecule has 0 aliphatic carbocycles. The molecule has 1 aliphatic rings. The van der Waals surface area contributed by atoms with Crippen molar-refractivity contribution in [3.8, 4) is 11.1 Å². The summed E-state index contributed by atoms with van der Waals surface area (Å²) in [6, 6.07) is 26.7. The number of hydrogen-bond acceptors (Lipinski definition) is 5. The Balaban J connectivity index is 1.27. The number of carbonyl (C=O) groups is 2. The molecule has 8 nitrogen and oxygen atoms in total. The van der Waals surface area contributed by atoms with Gasteiger partial charge in [-0.2, -0.15) is 0 Å². The van der Waals surface area contributed by atoms with Gasteiger partial charge in [0.15, 0.2) is 0 Å². The zero-order chi connectivity index (χ0) is 28.2. The SMILES string of the molecule is CC(NC(=O)c1ccc2c(c1)CCCN2Cc1ccc(-c2ccccc2C(=O)O)cc1)c1ccc([N+](=O)[O-])cc1. The van der Waals surface area contributed by atoms with Crippen molar-refractivity contribution in [2.75, 3.05) is 11.4 Å². The number of fused-ring (bicyclic) bond motifs is 1. The van der Waals surface area contributed by atoms with Crippen LogP contribution in [0, 0.1) is 10.1 Å². The van der Waals surface area contributed by atoms with Crippen molar-refractivity contribution in [1.82, 2.24) is 5.32 Å². The molecule has 0 saturated heterocycles. The van der Waals surface area contributed by atoms with Gasteiger partial charge in [-0.15, -0.1) is 0 Å². The predicted octanol–water partition coefficient (Wildman–Crippen LogP) is 6.40. The van der Waals surface area contributed by atoms with E-state index in [4.69, 9.17) is 0 Å². The Morgan fingerprint density at radius 2 is 1.73 bits per heavy atom. The summed E-state index contributed by atoms with van der Waals surface area (Å²) in [5.41, 5.74) is 6.56. The molecule has 0 aromatic heterocycles. The number of carboxylic acid groups (broad SMARTS) is 1. The fraction of sp³-hybridized carbons (Fsp3) is 0.188. The lowest BCUT2D eigenvalue weighted by molar-refractivity contribution is -0.384. The maximum absolute atomic E-state index is 13.0. The molecule has 0 bridgehead atoms. The van der Waals surface area contributed by atoms with Gasteiger partial charge in [0.05, 0.1) is 16.5 Å². The van der Waals surface area contributed by atoms with Crippen LogP contribution in [0.15, 0.2) is 91.0 Å². The van der Waals surface area contributed by atoms with Crippen molar-refractivity contribution in [2.24, 2.45) is 0 Å². The number of non-ortho nitro benzene ring substituents is 1. The van der Waals surface area contributed by atoms with Gasteiger partial charge in [0, 0.05) is 36.5 Å². The highest BCUT2D eigenvalue weighted by molar-refractivity contribution is 5.96. The van der Waals surface area contributed by atoms with Gasteiger partial charge in [0.1, 0.15) is 0 Å². The number of amides is 1. The maximum atomic E-state index is 13.0. The Morgan fingerprint density at radius 3 is 2.42 bits per heavy atom. The molecule has 40 heavy (non-hydrogen) atoms. The molecule has 0 saturated carbocycles. The number of nitro groups is 1. The van der Waals surface area contributed by atoms with Gasteiger partial charge in [-0.05, 0) is 71.8 Å². The summed E-state index contributed by atoms with van der Waals surface area (Å²) in [6.45, 7) is 3.46. The van der Waals surface area contributed by atoms with Crippen molar-refractivity contribution >= 4 is 23.3 Å². The summed E-state index contributed by atoms with van der Waals surface area (Å²) < 4.78 is 0. The highest BCUT2D eigenvalue weighted by atomic mass is 16.6. The number of anilines is 1. The molecule has 0 fully saturated rings. The van der Waals surface area contributed by atoms with Crippen molar-refractivity contribution in [1.29, 1.82) is 0 Å². The van der Waals surface area contributed by atoms with Gasteiger partial charge in [-0.1, -0.05) is 54.6 Å². The van der Waals surface area contributed by atoms with Crippen LogP contribution in [0.25, 0.3) is 11.1 Å². The standard InChI is InChI=1S/C32H29N3O5/c1-21(23-12-15-27(16-13-23)35(39)40)33-31(36)26-14-17-30-25(19-26)5-4-18-34(30)20-22-8-10-24(11-9-22)28-6-2-3-7-29(28)32(37)38/h2-3,6-17,19,21H,4-5,18,20H2,1H3,(H,33,36)(H,37,38). The lowest BCUT2D eigenvalue weighted by atomic mass is 9.97. The minimum Gasteiger partial charge on any atom is -0.478 e. The van der Waals surface area contributed by atoms with E-state index >= 15 is 0 Å². The number of nitro benzene ring substituents is 1. The summed E-state index contributed by atoms with van der Waals surface area (Å²) in [5.74, 6) is -1.14. The monoisotopic (exact) mass is 535 g/mol. The molecule has 0 spiro atoms. The lowest BCUT2D eigenvalue weighted by Gasteiger charge is -2.32. The van der Waals surface area contributed by atoms with E-state index in [9.17, 15) is 24.8 Å². The average molecular weight is 536 g/mol. The fourth-order valence-corrected chi connectivity index (χ4v) is 5.16. The minimum atomic E-state index is -0.946. The number of aromatic carboxylic acids is 1. The largest absolute Gasteiger partial charge is 0.478 e. The van der Waals surface area contributed by atoms with Gasteiger partial charge >= 0.3 is 5.97 Å². The molecule has 5 rings (SSSR count). The maximum Gasteiger partial charge on any atom is 0.336 e. The molecular formula is C32H29N3O5. The fourth-order valence-electron chi connectivity index (χ4n) is 5.16.